The summed E-state index contributed by atoms with van der Waals surface area (Å²) in [5.74, 6) is -0.727. The van der Waals surface area contributed by atoms with Gasteiger partial charge < -0.3 is 24.8 Å². The first-order valence-electron chi connectivity index (χ1n) is 10.1. The van der Waals surface area contributed by atoms with E-state index in [1.807, 2.05) is 0 Å². The van der Waals surface area contributed by atoms with Gasteiger partial charge in [0.15, 0.2) is 0 Å². The average Bonchev–Trinajstić information content (AvgIpc) is 2.60. The molecule has 0 aliphatic rings. The van der Waals surface area contributed by atoms with Gasteiger partial charge in [-0.15, -0.1) is 0 Å². The summed E-state index contributed by atoms with van der Waals surface area (Å²) in [6.45, 7) is 2.10. The highest BCUT2D eigenvalue weighted by atomic mass is 16.5. The summed E-state index contributed by atoms with van der Waals surface area (Å²) in [5.41, 5.74) is 0. The van der Waals surface area contributed by atoms with Crippen LogP contribution < -0.4 is 0 Å². The lowest BCUT2D eigenvalue weighted by molar-refractivity contribution is -0.137. The lowest BCUT2D eigenvalue weighted by Crippen LogP contribution is -2.37. The van der Waals surface area contributed by atoms with E-state index in [0.29, 0.717) is 0 Å². The van der Waals surface area contributed by atoms with Crippen LogP contribution in [0.1, 0.15) is 84.0 Å². The Balaban J connectivity index is 3.97. The first-order valence-corrected chi connectivity index (χ1v) is 10.1. The third-order valence-corrected chi connectivity index (χ3v) is 4.92. The highest BCUT2D eigenvalue weighted by Gasteiger charge is 2.26. The fourth-order valence-corrected chi connectivity index (χ4v) is 3.22. The maximum atomic E-state index is 10.4. The van der Waals surface area contributed by atoms with Crippen molar-refractivity contribution in [1.82, 2.24) is 0 Å². The summed E-state index contributed by atoms with van der Waals surface area (Å²) < 4.78 is 10.8. The normalized spacial score (nSPS) is 16.2. The molecule has 0 spiro atoms. The van der Waals surface area contributed by atoms with Gasteiger partial charge in [-0.1, -0.05) is 51.9 Å². The first kappa shape index (κ1) is 25.3. The molecule has 0 saturated heterocycles. The third-order valence-electron chi connectivity index (χ3n) is 4.92. The van der Waals surface area contributed by atoms with Gasteiger partial charge in [-0.3, -0.25) is 4.79 Å². The van der Waals surface area contributed by atoms with Crippen LogP contribution in [0, 0.1) is 0 Å². The van der Waals surface area contributed by atoms with E-state index >= 15 is 0 Å². The Morgan fingerprint density at radius 3 is 1.73 bits per heavy atom. The smallest absolute Gasteiger partial charge is 0.303 e. The molecular weight excluding hydrogens is 336 g/mol. The summed E-state index contributed by atoms with van der Waals surface area (Å²) in [4.78, 5) is 10.4. The molecule has 0 aromatic heterocycles. The SMILES string of the molecule is CCCCC(OC)C(O)CC(O)C(CCCCCCCCC(=O)O)OC. The predicted octanol–water partition coefficient (Wildman–Crippen LogP) is 3.52. The second kappa shape index (κ2) is 16.5. The maximum Gasteiger partial charge on any atom is 0.303 e. The number of hydrogen-bond donors (Lipinski definition) is 3. The van der Waals surface area contributed by atoms with Crippen LogP contribution in [0.15, 0.2) is 0 Å². The zero-order valence-electron chi connectivity index (χ0n) is 16.9. The molecule has 4 unspecified atom stereocenters. The van der Waals surface area contributed by atoms with Gasteiger partial charge in [0.1, 0.15) is 0 Å². The zero-order valence-corrected chi connectivity index (χ0v) is 16.9. The van der Waals surface area contributed by atoms with Crippen molar-refractivity contribution in [3.05, 3.63) is 0 Å². The second-order valence-electron chi connectivity index (χ2n) is 7.11. The topological polar surface area (TPSA) is 96.2 Å². The zero-order chi connectivity index (χ0) is 19.8. The summed E-state index contributed by atoms with van der Waals surface area (Å²) in [6, 6.07) is 0. The summed E-state index contributed by atoms with van der Waals surface area (Å²) in [6.07, 6.45) is 7.98. The molecule has 156 valence electrons. The molecule has 0 saturated carbocycles. The number of hydrogen-bond acceptors (Lipinski definition) is 5. The summed E-state index contributed by atoms with van der Waals surface area (Å²) in [5, 5.41) is 29.3. The van der Waals surface area contributed by atoms with Crippen molar-refractivity contribution in [3.8, 4) is 0 Å². The summed E-state index contributed by atoms with van der Waals surface area (Å²) >= 11 is 0. The van der Waals surface area contributed by atoms with Crippen molar-refractivity contribution in [2.75, 3.05) is 14.2 Å². The Kier molecular flexibility index (Phi) is 16.0. The number of carbonyl (C=O) groups is 1. The van der Waals surface area contributed by atoms with Crippen LogP contribution in [0.5, 0.6) is 0 Å². The van der Waals surface area contributed by atoms with Gasteiger partial charge in [0.05, 0.1) is 24.4 Å². The predicted molar refractivity (Wildman–Crippen MR) is 102 cm³/mol. The number of ether oxygens (including phenoxy) is 2. The molecule has 0 fully saturated rings. The number of rotatable bonds is 18. The molecule has 6 heteroatoms. The van der Waals surface area contributed by atoms with Gasteiger partial charge in [0, 0.05) is 27.1 Å². The van der Waals surface area contributed by atoms with E-state index in [-0.39, 0.29) is 25.0 Å². The minimum Gasteiger partial charge on any atom is -0.481 e. The number of aliphatic carboxylic acids is 1. The standard InChI is InChI=1S/C20H40O6/c1-4-5-12-18(25-2)16(21)15-17(22)19(26-3)13-10-8-6-7-9-11-14-20(23)24/h16-19,21-22H,4-15H2,1-3H3,(H,23,24). The van der Waals surface area contributed by atoms with E-state index in [1.165, 1.54) is 0 Å². The fourth-order valence-electron chi connectivity index (χ4n) is 3.22. The van der Waals surface area contributed by atoms with Gasteiger partial charge in [-0.05, 0) is 19.3 Å². The van der Waals surface area contributed by atoms with Gasteiger partial charge in [-0.25, -0.2) is 0 Å². The Bertz CT molecular complexity index is 336. The number of carboxylic acids is 1. The molecule has 0 amide bonds. The largest absolute Gasteiger partial charge is 0.481 e. The highest BCUT2D eigenvalue weighted by Crippen LogP contribution is 2.19. The van der Waals surface area contributed by atoms with Crippen LogP contribution in [0.2, 0.25) is 0 Å². The van der Waals surface area contributed by atoms with Crippen molar-refractivity contribution in [1.29, 1.82) is 0 Å². The number of methoxy groups -OCH3 is 2. The van der Waals surface area contributed by atoms with Crippen LogP contribution in [0.3, 0.4) is 0 Å². The van der Waals surface area contributed by atoms with Crippen LogP contribution in [-0.4, -0.2) is 59.9 Å². The molecule has 0 bridgehead atoms. The molecule has 26 heavy (non-hydrogen) atoms. The lowest BCUT2D eigenvalue weighted by atomic mass is 9.96. The Labute approximate surface area is 158 Å². The quantitative estimate of drug-likeness (QED) is 0.317. The Hall–Kier alpha value is -0.690. The van der Waals surface area contributed by atoms with Gasteiger partial charge in [0.2, 0.25) is 0 Å². The van der Waals surface area contributed by atoms with Crippen LogP contribution in [0.4, 0.5) is 0 Å². The lowest BCUT2D eigenvalue weighted by Gasteiger charge is -2.27. The average molecular weight is 377 g/mol. The van der Waals surface area contributed by atoms with Crippen molar-refractivity contribution < 1.29 is 29.6 Å². The molecular formula is C20H40O6. The van der Waals surface area contributed by atoms with Crippen molar-refractivity contribution in [2.45, 2.75) is 108 Å². The van der Waals surface area contributed by atoms with Crippen LogP contribution >= 0.6 is 0 Å². The van der Waals surface area contributed by atoms with Gasteiger partial charge >= 0.3 is 5.97 Å². The number of unbranched alkanes of at least 4 members (excludes halogenated alkanes) is 6. The molecule has 6 nitrogen and oxygen atoms in total. The second-order valence-corrected chi connectivity index (χ2v) is 7.11. The number of aliphatic hydroxyl groups is 2. The van der Waals surface area contributed by atoms with E-state index in [4.69, 9.17) is 14.6 Å². The molecule has 3 N–H and O–H groups in total. The molecule has 0 aromatic rings. The fraction of sp³-hybridized carbons (Fsp3) is 0.950. The van der Waals surface area contributed by atoms with Crippen LogP contribution in [-0.2, 0) is 14.3 Å². The molecule has 0 heterocycles. The van der Waals surface area contributed by atoms with E-state index in [2.05, 4.69) is 6.92 Å². The molecule has 0 rings (SSSR count). The number of aliphatic hydroxyl groups excluding tert-OH is 2. The molecule has 0 radical (unpaired) electrons. The van der Waals surface area contributed by atoms with E-state index in [0.717, 1.165) is 64.2 Å². The monoisotopic (exact) mass is 376 g/mol. The van der Waals surface area contributed by atoms with E-state index in [9.17, 15) is 15.0 Å². The molecule has 0 aromatic carbocycles. The van der Waals surface area contributed by atoms with Crippen LogP contribution in [0.25, 0.3) is 0 Å². The molecule has 0 aliphatic heterocycles. The number of carboxylic acid groups (broad SMARTS) is 1. The summed E-state index contributed by atoms with van der Waals surface area (Å²) in [7, 11) is 3.19. The minimum atomic E-state index is -0.727. The Morgan fingerprint density at radius 2 is 1.27 bits per heavy atom. The first-order chi connectivity index (χ1) is 12.5. The van der Waals surface area contributed by atoms with E-state index in [1.54, 1.807) is 14.2 Å². The molecule has 4 atom stereocenters. The highest BCUT2D eigenvalue weighted by molar-refractivity contribution is 5.66. The van der Waals surface area contributed by atoms with Crippen molar-refractivity contribution >= 4 is 5.97 Å². The third kappa shape index (κ3) is 12.6. The Morgan fingerprint density at radius 1 is 0.808 bits per heavy atom. The van der Waals surface area contributed by atoms with Gasteiger partial charge in [0.25, 0.3) is 0 Å². The minimum absolute atomic E-state index is 0.243. The van der Waals surface area contributed by atoms with Crippen molar-refractivity contribution in [3.63, 3.8) is 0 Å². The van der Waals surface area contributed by atoms with Gasteiger partial charge in [-0.2, -0.15) is 0 Å². The van der Waals surface area contributed by atoms with Crippen molar-refractivity contribution in [2.24, 2.45) is 0 Å². The molecule has 0 aliphatic carbocycles. The maximum absolute atomic E-state index is 10.4. The van der Waals surface area contributed by atoms with E-state index < -0.39 is 18.2 Å².